The van der Waals surface area contributed by atoms with Crippen LogP contribution in [-0.2, 0) is 49.8 Å². The van der Waals surface area contributed by atoms with E-state index >= 15 is 0 Å². The van der Waals surface area contributed by atoms with Gasteiger partial charge in [0.05, 0.1) is 30.4 Å². The number of nitrogens with zero attached hydrogens (tertiary/aromatic N) is 5. The summed E-state index contributed by atoms with van der Waals surface area (Å²) >= 11 is 0. The highest BCUT2D eigenvalue weighted by Crippen LogP contribution is 2.41. The number of β-amino-alcohol motifs (C(OH)–C–C–N with tert-alkyl or cyclic N) is 1. The van der Waals surface area contributed by atoms with Gasteiger partial charge in [0.15, 0.2) is 0 Å². The van der Waals surface area contributed by atoms with Crippen molar-refractivity contribution in [3.63, 3.8) is 0 Å². The van der Waals surface area contributed by atoms with Crippen LogP contribution in [0.4, 0.5) is 0 Å². The lowest BCUT2D eigenvalue weighted by Gasteiger charge is -2.36. The minimum Gasteiger partial charge on any atom is -0.508 e. The van der Waals surface area contributed by atoms with Crippen LogP contribution in [0.1, 0.15) is 77.0 Å². The number of aryl methyl sites for hydroxylation is 1. The predicted octanol–water partition coefficient (Wildman–Crippen LogP) is 6.15. The first-order chi connectivity index (χ1) is 33.0. The van der Waals surface area contributed by atoms with Crippen LogP contribution in [-0.4, -0.2) is 136 Å². The maximum Gasteiger partial charge on any atom is 0.324 e. The Bertz CT molecular complexity index is 2530. The molecule has 5 atom stereocenters. The zero-order chi connectivity index (χ0) is 49.1. The van der Waals surface area contributed by atoms with Crippen LogP contribution in [0.2, 0.25) is 0 Å². The first kappa shape index (κ1) is 49.9. The third-order valence-electron chi connectivity index (χ3n) is 14.7. The van der Waals surface area contributed by atoms with Crippen molar-refractivity contribution in [3.05, 3.63) is 90.0 Å². The number of nitrogens with one attached hydrogen (secondary N) is 2. The summed E-state index contributed by atoms with van der Waals surface area (Å²) in [5.74, 6) is -1.42. The molecule has 0 spiro atoms. The minimum absolute atomic E-state index is 0.0389. The van der Waals surface area contributed by atoms with Crippen molar-refractivity contribution in [1.82, 2.24) is 35.0 Å². The van der Waals surface area contributed by atoms with Crippen molar-refractivity contribution < 1.29 is 34.1 Å². The van der Waals surface area contributed by atoms with Crippen LogP contribution >= 0.6 is 0 Å². The summed E-state index contributed by atoms with van der Waals surface area (Å²) in [4.78, 5) is 61.3. The van der Waals surface area contributed by atoms with E-state index in [0.717, 1.165) is 76.9 Å². The molecule has 4 aromatic rings. The summed E-state index contributed by atoms with van der Waals surface area (Å²) in [6, 6.07) is 19.5. The van der Waals surface area contributed by atoms with E-state index in [1.54, 1.807) is 17.0 Å². The molecule has 14 heteroatoms. The lowest BCUT2D eigenvalue weighted by Crippen LogP contribution is -2.58. The zero-order valence-electron chi connectivity index (χ0n) is 41.5. The molecule has 0 aliphatic carbocycles. The number of phenolic OH excluding ortho intramolecular Hbond substituents is 1. The number of fused-ring (bicyclic) bond motifs is 6. The van der Waals surface area contributed by atoms with Gasteiger partial charge in [0.2, 0.25) is 17.7 Å². The lowest BCUT2D eigenvalue weighted by atomic mass is 9.84. The molecule has 3 fully saturated rings. The molecule has 69 heavy (non-hydrogen) atoms. The average molecular weight is 944 g/mol. The summed E-state index contributed by atoms with van der Waals surface area (Å²) in [7, 11) is 1.94. The Morgan fingerprint density at radius 1 is 0.986 bits per heavy atom. The fraction of sp³-hybridized carbons (Fsp3) is 0.527. The predicted molar refractivity (Wildman–Crippen MR) is 269 cm³/mol. The van der Waals surface area contributed by atoms with E-state index in [1.807, 2.05) is 27.0 Å². The number of aromatic nitrogens is 1. The summed E-state index contributed by atoms with van der Waals surface area (Å²) in [5.41, 5.74) is 10.8. The molecule has 3 amide bonds. The Balaban J connectivity index is 1.12. The standard InChI is InChI=1S/C55H73N7O7/c1-8-49(65)60-22-18-37(32-60)30-58(7)50(35(3)4)52(66)56-29-42-24-38-23-41(26-44(64)25-38)40-16-17-48-45(27-40)46(28-55(5,6)34-69-54(68)47-11-10-20-62(57-47)53(42)67)51(61(48)9-2)39-14-12-36(13-15-39)31-59-21-19-43(63)33-59/h8,12-17,23,25-27,35,37,42-43,47,50,57,63-64H,1,9-11,18-22,24,28-34H2,2-7H3,(H,56,66)/t37-,42-,43-,47+,50+/m1/s1. The van der Waals surface area contributed by atoms with Crippen LogP contribution in [0.15, 0.2) is 73.3 Å². The van der Waals surface area contributed by atoms with Gasteiger partial charge in [-0.25, -0.2) is 5.43 Å². The van der Waals surface area contributed by atoms with Crippen molar-refractivity contribution in [1.29, 1.82) is 0 Å². The Kier molecular flexibility index (Phi) is 15.3. The second-order valence-electron chi connectivity index (χ2n) is 21.2. The molecule has 4 aliphatic rings. The van der Waals surface area contributed by atoms with Gasteiger partial charge in [-0.15, -0.1) is 0 Å². The van der Waals surface area contributed by atoms with E-state index < -0.39 is 29.4 Å². The molecule has 5 heterocycles. The number of aliphatic hydroxyl groups excluding tert-OH is 1. The largest absolute Gasteiger partial charge is 0.508 e. The van der Waals surface area contributed by atoms with Crippen molar-refractivity contribution in [3.8, 4) is 28.1 Å². The molecule has 0 radical (unpaired) electrons. The van der Waals surface area contributed by atoms with Crippen LogP contribution in [0.3, 0.4) is 0 Å². The number of carbonyl (C=O) groups excluding carboxylic acids is 4. The third-order valence-corrected chi connectivity index (χ3v) is 14.7. The number of hydrogen-bond acceptors (Lipinski definition) is 10. The number of hydrazine groups is 1. The number of rotatable bonds is 12. The summed E-state index contributed by atoms with van der Waals surface area (Å²) < 4.78 is 8.51. The summed E-state index contributed by atoms with van der Waals surface area (Å²) in [5, 5.41) is 27.2. The van der Waals surface area contributed by atoms with E-state index in [4.69, 9.17) is 4.74 Å². The highest BCUT2D eigenvalue weighted by molar-refractivity contribution is 5.95. The van der Waals surface area contributed by atoms with Crippen LogP contribution in [0.5, 0.6) is 5.75 Å². The number of aromatic hydroxyl groups is 1. The van der Waals surface area contributed by atoms with E-state index in [1.165, 1.54) is 16.6 Å². The molecule has 3 saturated heterocycles. The molecule has 14 nitrogen and oxygen atoms in total. The minimum atomic E-state index is -0.737. The van der Waals surface area contributed by atoms with Crippen molar-refractivity contribution in [2.24, 2.45) is 23.2 Å². The van der Waals surface area contributed by atoms with Gasteiger partial charge in [-0.2, -0.15) is 0 Å². The van der Waals surface area contributed by atoms with E-state index in [-0.39, 0.29) is 61.0 Å². The number of ether oxygens (including phenoxy) is 1. The zero-order valence-corrected chi connectivity index (χ0v) is 41.5. The number of hydrogen-bond donors (Lipinski definition) is 4. The van der Waals surface area contributed by atoms with Crippen LogP contribution in [0.25, 0.3) is 33.3 Å². The van der Waals surface area contributed by atoms with Gasteiger partial charge in [0, 0.05) is 75.2 Å². The van der Waals surface area contributed by atoms with Gasteiger partial charge in [0.1, 0.15) is 11.8 Å². The molecule has 0 saturated carbocycles. The smallest absolute Gasteiger partial charge is 0.324 e. The molecular formula is C55H73N7O7. The Morgan fingerprint density at radius 2 is 1.75 bits per heavy atom. The van der Waals surface area contributed by atoms with Crippen LogP contribution < -0.4 is 10.7 Å². The quantitative estimate of drug-likeness (QED) is 0.0959. The van der Waals surface area contributed by atoms with E-state index in [2.05, 4.69) is 94.9 Å². The van der Waals surface area contributed by atoms with Gasteiger partial charge in [-0.05, 0) is 128 Å². The van der Waals surface area contributed by atoms with E-state index in [9.17, 15) is 29.4 Å². The topological polar surface area (TPSA) is 160 Å². The Morgan fingerprint density at radius 3 is 2.46 bits per heavy atom. The average Bonchev–Trinajstić information content (AvgIpc) is 4.05. The number of likely N-dealkylation sites (N-methyl/N-ethyl adjacent to an activating group) is 1. The number of likely N-dealkylation sites (tertiary alicyclic amines) is 2. The van der Waals surface area contributed by atoms with Gasteiger partial charge >= 0.3 is 5.97 Å². The normalized spacial score (nSPS) is 22.8. The molecule has 8 rings (SSSR count). The Labute approximate surface area is 407 Å². The van der Waals surface area contributed by atoms with Gasteiger partial charge in [-0.1, -0.05) is 70.7 Å². The van der Waals surface area contributed by atoms with Crippen LogP contribution in [0, 0.1) is 23.2 Å². The molecule has 4 N–H and O–H groups in total. The maximum absolute atomic E-state index is 14.7. The number of cyclic esters (lactones) is 1. The van der Waals surface area contributed by atoms with Crippen molar-refractivity contribution in [2.45, 2.75) is 104 Å². The van der Waals surface area contributed by atoms with Crippen molar-refractivity contribution in [2.75, 3.05) is 59.5 Å². The maximum atomic E-state index is 14.7. The molecule has 1 aromatic heterocycles. The highest BCUT2D eigenvalue weighted by atomic mass is 16.5. The molecule has 0 unspecified atom stereocenters. The molecule has 6 bridgehead atoms. The molecule has 370 valence electrons. The highest BCUT2D eigenvalue weighted by Gasteiger charge is 2.37. The lowest BCUT2D eigenvalue weighted by molar-refractivity contribution is -0.155. The first-order valence-corrected chi connectivity index (χ1v) is 25.1. The Hall–Kier alpha value is -5.54. The first-order valence-electron chi connectivity index (χ1n) is 25.1. The number of benzene rings is 3. The second kappa shape index (κ2) is 21.2. The number of phenols is 1. The number of carbonyl (C=O) groups is 4. The second-order valence-corrected chi connectivity index (χ2v) is 21.2. The summed E-state index contributed by atoms with van der Waals surface area (Å²) in [6.45, 7) is 19.6. The number of aliphatic hydroxyl groups is 1. The number of esters is 1. The molecule has 3 aromatic carbocycles. The molecule has 4 aliphatic heterocycles. The van der Waals surface area contributed by atoms with Crippen molar-refractivity contribution >= 4 is 34.6 Å². The number of amides is 3. The third kappa shape index (κ3) is 11.4. The monoisotopic (exact) mass is 944 g/mol. The fourth-order valence-corrected chi connectivity index (χ4v) is 11.3. The van der Waals surface area contributed by atoms with Gasteiger partial charge in [0.25, 0.3) is 0 Å². The molecular weight excluding hydrogens is 871 g/mol. The van der Waals surface area contributed by atoms with Gasteiger partial charge in [-0.3, -0.25) is 34.0 Å². The van der Waals surface area contributed by atoms with E-state index in [0.29, 0.717) is 52.0 Å². The fourth-order valence-electron chi connectivity index (χ4n) is 11.3. The SMILES string of the molecule is C=CC(=O)N1CC[C@H](CN(C)[C@H](C(=O)NC[C@H]2Cc3cc(O)cc(c3)-c3ccc4c(c3)c(c(-c3ccc(CN5CC[C@@H](O)C5)cc3)n4CC)CC(C)(C)COC(=O)[C@@H]3CCCN(N3)C2=O)C(C)C)C1. The summed E-state index contributed by atoms with van der Waals surface area (Å²) in [6.07, 6.45) is 4.65. The van der Waals surface area contributed by atoms with Gasteiger partial charge < -0.3 is 29.7 Å².